The fourth-order valence-corrected chi connectivity index (χ4v) is 3.35. The zero-order chi connectivity index (χ0) is 17.1. The third-order valence-electron chi connectivity index (χ3n) is 4.97. The van der Waals surface area contributed by atoms with Crippen LogP contribution in [0.5, 0.6) is 0 Å². The molecule has 1 aromatic carbocycles. The van der Waals surface area contributed by atoms with Crippen LogP contribution in [0.15, 0.2) is 24.3 Å². The number of hydrogen-bond donors (Lipinski definition) is 2. The van der Waals surface area contributed by atoms with Crippen molar-refractivity contribution in [1.29, 1.82) is 0 Å². The molecule has 0 radical (unpaired) electrons. The molecular formula is C19H24N2O3. The van der Waals surface area contributed by atoms with Gasteiger partial charge in [0.05, 0.1) is 11.8 Å². The molecule has 2 fully saturated rings. The molecular weight excluding hydrogens is 304 g/mol. The summed E-state index contributed by atoms with van der Waals surface area (Å²) in [6, 6.07) is 7.10. The number of Topliss-reactive ketones (excluding diaryl/α,β-unsaturated/α-hetero) is 1. The molecule has 24 heavy (non-hydrogen) atoms. The minimum Gasteiger partial charge on any atom is -0.353 e. The van der Waals surface area contributed by atoms with Gasteiger partial charge in [-0.1, -0.05) is 19.3 Å². The van der Waals surface area contributed by atoms with Crippen molar-refractivity contribution in [3.05, 3.63) is 29.8 Å². The molecule has 0 heterocycles. The van der Waals surface area contributed by atoms with Crippen LogP contribution in [0, 0.1) is 11.8 Å². The number of rotatable bonds is 5. The summed E-state index contributed by atoms with van der Waals surface area (Å²) in [4.78, 5) is 35.7. The standard InChI is InChI=1S/C19H24N2O3/c1-12(22)13-7-9-15(10-8-13)21-19(24)17-11-16(17)18(23)20-14-5-3-2-4-6-14/h7-10,14,16-17H,2-6,11H2,1H3,(H,20,23)(H,21,24). The largest absolute Gasteiger partial charge is 0.353 e. The summed E-state index contributed by atoms with van der Waals surface area (Å²) in [7, 11) is 0. The molecule has 3 rings (SSSR count). The lowest BCUT2D eigenvalue weighted by atomic mass is 9.95. The van der Waals surface area contributed by atoms with Crippen molar-refractivity contribution in [3.63, 3.8) is 0 Å². The molecule has 0 bridgehead atoms. The van der Waals surface area contributed by atoms with Gasteiger partial charge in [0.1, 0.15) is 0 Å². The highest BCUT2D eigenvalue weighted by Gasteiger charge is 2.48. The van der Waals surface area contributed by atoms with E-state index in [0.717, 1.165) is 12.8 Å². The van der Waals surface area contributed by atoms with E-state index >= 15 is 0 Å². The van der Waals surface area contributed by atoms with E-state index in [4.69, 9.17) is 0 Å². The fraction of sp³-hybridized carbons (Fsp3) is 0.526. The van der Waals surface area contributed by atoms with Crippen molar-refractivity contribution < 1.29 is 14.4 Å². The Morgan fingerprint density at radius 1 is 0.917 bits per heavy atom. The van der Waals surface area contributed by atoms with E-state index in [-0.39, 0.29) is 35.5 Å². The van der Waals surface area contributed by atoms with Gasteiger partial charge in [-0.05, 0) is 50.5 Å². The molecule has 5 nitrogen and oxygen atoms in total. The maximum absolute atomic E-state index is 12.2. The molecule has 2 aliphatic carbocycles. The average Bonchev–Trinajstić information content (AvgIpc) is 3.37. The molecule has 0 aliphatic heterocycles. The number of nitrogens with one attached hydrogen (secondary N) is 2. The van der Waals surface area contributed by atoms with E-state index < -0.39 is 0 Å². The van der Waals surface area contributed by atoms with Crippen LogP contribution < -0.4 is 10.6 Å². The van der Waals surface area contributed by atoms with Crippen molar-refractivity contribution in [1.82, 2.24) is 5.32 Å². The van der Waals surface area contributed by atoms with Gasteiger partial charge in [-0.3, -0.25) is 14.4 Å². The second-order valence-corrected chi connectivity index (χ2v) is 6.91. The van der Waals surface area contributed by atoms with Crippen molar-refractivity contribution in [2.24, 2.45) is 11.8 Å². The third kappa shape index (κ3) is 4.02. The molecule has 2 atom stereocenters. The van der Waals surface area contributed by atoms with Crippen LogP contribution in [0.2, 0.25) is 0 Å². The Balaban J connectivity index is 1.48. The molecule has 128 valence electrons. The van der Waals surface area contributed by atoms with Crippen LogP contribution >= 0.6 is 0 Å². The fourth-order valence-electron chi connectivity index (χ4n) is 3.35. The van der Waals surface area contributed by atoms with E-state index in [2.05, 4.69) is 10.6 Å². The minimum atomic E-state index is -0.235. The predicted molar refractivity (Wildman–Crippen MR) is 91.7 cm³/mol. The van der Waals surface area contributed by atoms with Crippen molar-refractivity contribution >= 4 is 23.3 Å². The summed E-state index contributed by atoms with van der Waals surface area (Å²) in [6.07, 6.45) is 6.33. The van der Waals surface area contributed by atoms with E-state index in [1.165, 1.54) is 26.2 Å². The van der Waals surface area contributed by atoms with Gasteiger partial charge in [0.2, 0.25) is 11.8 Å². The van der Waals surface area contributed by atoms with Gasteiger partial charge in [-0.25, -0.2) is 0 Å². The highest BCUT2D eigenvalue weighted by atomic mass is 16.2. The average molecular weight is 328 g/mol. The van der Waals surface area contributed by atoms with Crippen LogP contribution in [-0.4, -0.2) is 23.6 Å². The van der Waals surface area contributed by atoms with Gasteiger partial charge in [0.15, 0.2) is 5.78 Å². The Morgan fingerprint density at radius 2 is 1.54 bits per heavy atom. The van der Waals surface area contributed by atoms with Gasteiger partial charge in [-0.2, -0.15) is 0 Å². The Bertz CT molecular complexity index is 633. The lowest BCUT2D eigenvalue weighted by molar-refractivity contribution is -0.126. The Morgan fingerprint density at radius 3 is 2.17 bits per heavy atom. The number of hydrogen-bond acceptors (Lipinski definition) is 3. The summed E-state index contributed by atoms with van der Waals surface area (Å²) < 4.78 is 0. The number of benzene rings is 1. The number of ketones is 1. The Kier molecular flexibility index (Phi) is 4.97. The predicted octanol–water partition coefficient (Wildman–Crippen LogP) is 2.91. The highest BCUT2D eigenvalue weighted by molar-refractivity contribution is 6.00. The molecule has 1 aromatic rings. The molecule has 2 unspecified atom stereocenters. The van der Waals surface area contributed by atoms with Crippen LogP contribution in [0.3, 0.4) is 0 Å². The van der Waals surface area contributed by atoms with E-state index in [1.54, 1.807) is 24.3 Å². The van der Waals surface area contributed by atoms with Gasteiger partial charge in [0, 0.05) is 17.3 Å². The third-order valence-corrected chi connectivity index (χ3v) is 4.97. The number of anilines is 1. The van der Waals surface area contributed by atoms with Crippen LogP contribution in [-0.2, 0) is 9.59 Å². The van der Waals surface area contributed by atoms with Crippen LogP contribution in [0.25, 0.3) is 0 Å². The number of carbonyl (C=O) groups excluding carboxylic acids is 3. The van der Waals surface area contributed by atoms with Crippen LogP contribution in [0.4, 0.5) is 5.69 Å². The molecule has 0 aromatic heterocycles. The zero-order valence-corrected chi connectivity index (χ0v) is 14.0. The summed E-state index contributed by atoms with van der Waals surface area (Å²) in [5, 5.41) is 5.92. The Hall–Kier alpha value is -2.17. The van der Waals surface area contributed by atoms with E-state index in [0.29, 0.717) is 17.7 Å². The zero-order valence-electron chi connectivity index (χ0n) is 14.0. The first kappa shape index (κ1) is 16.7. The monoisotopic (exact) mass is 328 g/mol. The van der Waals surface area contributed by atoms with E-state index in [9.17, 15) is 14.4 Å². The van der Waals surface area contributed by atoms with E-state index in [1.807, 2.05) is 0 Å². The second kappa shape index (κ2) is 7.16. The molecule has 0 spiro atoms. The maximum atomic E-state index is 12.2. The lowest BCUT2D eigenvalue weighted by Gasteiger charge is -2.22. The first-order valence-electron chi connectivity index (χ1n) is 8.77. The normalized spacial score (nSPS) is 23.4. The summed E-state index contributed by atoms with van der Waals surface area (Å²) in [5.41, 5.74) is 1.27. The quantitative estimate of drug-likeness (QED) is 0.816. The SMILES string of the molecule is CC(=O)c1ccc(NC(=O)C2CC2C(=O)NC2CCCCC2)cc1. The summed E-state index contributed by atoms with van der Waals surface area (Å²) in [6.45, 7) is 1.51. The van der Waals surface area contributed by atoms with Crippen molar-refractivity contribution in [2.75, 3.05) is 5.32 Å². The minimum absolute atomic E-state index is 0.00508. The van der Waals surface area contributed by atoms with Gasteiger partial charge in [0.25, 0.3) is 0 Å². The topological polar surface area (TPSA) is 75.3 Å². The molecule has 2 amide bonds. The summed E-state index contributed by atoms with van der Waals surface area (Å²) >= 11 is 0. The molecule has 0 saturated heterocycles. The Labute approximate surface area is 142 Å². The lowest BCUT2D eigenvalue weighted by Crippen LogP contribution is -2.37. The highest BCUT2D eigenvalue weighted by Crippen LogP contribution is 2.40. The van der Waals surface area contributed by atoms with Gasteiger partial charge < -0.3 is 10.6 Å². The van der Waals surface area contributed by atoms with Gasteiger partial charge >= 0.3 is 0 Å². The smallest absolute Gasteiger partial charge is 0.228 e. The molecule has 2 aliphatic rings. The van der Waals surface area contributed by atoms with Crippen LogP contribution in [0.1, 0.15) is 55.8 Å². The second-order valence-electron chi connectivity index (χ2n) is 6.91. The molecule has 5 heteroatoms. The number of carbonyl (C=O) groups is 3. The number of amides is 2. The maximum Gasteiger partial charge on any atom is 0.228 e. The summed E-state index contributed by atoms with van der Waals surface area (Å²) in [5.74, 6) is -0.526. The van der Waals surface area contributed by atoms with Crippen molar-refractivity contribution in [3.8, 4) is 0 Å². The molecule has 2 saturated carbocycles. The van der Waals surface area contributed by atoms with Crippen molar-refractivity contribution in [2.45, 2.75) is 51.5 Å². The first-order chi connectivity index (χ1) is 11.5. The first-order valence-corrected chi connectivity index (χ1v) is 8.77. The van der Waals surface area contributed by atoms with Gasteiger partial charge in [-0.15, -0.1) is 0 Å². The molecule has 2 N–H and O–H groups in total.